The van der Waals surface area contributed by atoms with Crippen LogP contribution < -0.4 is 10.6 Å². The van der Waals surface area contributed by atoms with Crippen molar-refractivity contribution in [3.05, 3.63) is 63.9 Å². The van der Waals surface area contributed by atoms with Gasteiger partial charge in [0.05, 0.1) is 0 Å². The van der Waals surface area contributed by atoms with E-state index in [0.29, 0.717) is 17.1 Å². The van der Waals surface area contributed by atoms with E-state index in [1.165, 1.54) is 6.07 Å². The van der Waals surface area contributed by atoms with Crippen molar-refractivity contribution in [2.45, 2.75) is 6.54 Å². The lowest BCUT2D eigenvalue weighted by Crippen LogP contribution is -2.22. The van der Waals surface area contributed by atoms with Gasteiger partial charge >= 0.3 is 0 Å². The Labute approximate surface area is 131 Å². The highest BCUT2D eigenvalue weighted by atomic mass is 79.9. The first-order valence-corrected chi connectivity index (χ1v) is 7.23. The maximum atomic E-state index is 13.7. The molecule has 0 bridgehead atoms. The van der Waals surface area contributed by atoms with E-state index in [1.54, 1.807) is 12.1 Å². The molecule has 5 heteroatoms. The van der Waals surface area contributed by atoms with Gasteiger partial charge in [-0.2, -0.15) is 0 Å². The van der Waals surface area contributed by atoms with Gasteiger partial charge in [0.15, 0.2) is 0 Å². The van der Waals surface area contributed by atoms with E-state index < -0.39 is 0 Å². The van der Waals surface area contributed by atoms with E-state index in [-0.39, 0.29) is 5.82 Å². The van der Waals surface area contributed by atoms with Crippen molar-refractivity contribution in [2.75, 3.05) is 11.9 Å². The van der Waals surface area contributed by atoms with Crippen LogP contribution in [0.3, 0.4) is 0 Å². The molecule has 20 heavy (non-hydrogen) atoms. The van der Waals surface area contributed by atoms with E-state index in [2.05, 4.69) is 15.9 Å². The van der Waals surface area contributed by atoms with E-state index in [9.17, 15) is 4.39 Å². The Balaban J connectivity index is 2.32. The minimum absolute atomic E-state index is 0.215. The third-order valence-electron chi connectivity index (χ3n) is 3.00. The SMILES string of the molecule is CN(Cc1ccccc1F)c1ccc(Br)cc1C(N)=S. The topological polar surface area (TPSA) is 29.3 Å². The number of rotatable bonds is 4. The van der Waals surface area contributed by atoms with E-state index in [4.69, 9.17) is 18.0 Å². The van der Waals surface area contributed by atoms with Crippen LogP contribution in [-0.2, 0) is 6.54 Å². The van der Waals surface area contributed by atoms with Gasteiger partial charge < -0.3 is 10.6 Å². The molecule has 0 spiro atoms. The molecule has 2 aromatic carbocycles. The normalized spacial score (nSPS) is 10.3. The summed E-state index contributed by atoms with van der Waals surface area (Å²) < 4.78 is 14.6. The van der Waals surface area contributed by atoms with Gasteiger partial charge in [-0.25, -0.2) is 4.39 Å². The van der Waals surface area contributed by atoms with Crippen molar-refractivity contribution in [3.63, 3.8) is 0 Å². The summed E-state index contributed by atoms with van der Waals surface area (Å²) in [5.41, 5.74) is 8.04. The Hall–Kier alpha value is -1.46. The van der Waals surface area contributed by atoms with Gasteiger partial charge in [0.2, 0.25) is 0 Å². The number of halogens is 2. The lowest BCUT2D eigenvalue weighted by atomic mass is 10.1. The quantitative estimate of drug-likeness (QED) is 0.847. The summed E-state index contributed by atoms with van der Waals surface area (Å²) in [5.74, 6) is -0.215. The zero-order valence-corrected chi connectivity index (χ0v) is 13.3. The fourth-order valence-corrected chi connectivity index (χ4v) is 2.53. The Morgan fingerprint density at radius 3 is 2.65 bits per heavy atom. The van der Waals surface area contributed by atoms with Crippen molar-refractivity contribution in [3.8, 4) is 0 Å². The minimum atomic E-state index is -0.215. The lowest BCUT2D eigenvalue weighted by Gasteiger charge is -2.22. The van der Waals surface area contributed by atoms with Crippen LogP contribution in [0, 0.1) is 5.82 Å². The van der Waals surface area contributed by atoms with Crippen LogP contribution in [-0.4, -0.2) is 12.0 Å². The van der Waals surface area contributed by atoms with Gasteiger partial charge in [0, 0.05) is 34.9 Å². The monoisotopic (exact) mass is 352 g/mol. The first-order chi connectivity index (χ1) is 9.49. The first-order valence-electron chi connectivity index (χ1n) is 6.03. The number of hydrogen-bond donors (Lipinski definition) is 1. The zero-order valence-electron chi connectivity index (χ0n) is 10.9. The van der Waals surface area contributed by atoms with E-state index in [1.807, 2.05) is 36.2 Å². The Kier molecular flexibility index (Phi) is 4.73. The third kappa shape index (κ3) is 3.35. The molecule has 0 aliphatic heterocycles. The molecule has 2 aromatic rings. The predicted octanol–water partition coefficient (Wildman–Crippen LogP) is 3.86. The molecule has 0 saturated heterocycles. The fraction of sp³-hybridized carbons (Fsp3) is 0.133. The number of anilines is 1. The second-order valence-corrected chi connectivity index (χ2v) is 5.83. The molecular weight excluding hydrogens is 339 g/mol. The summed E-state index contributed by atoms with van der Waals surface area (Å²) in [4.78, 5) is 2.25. The van der Waals surface area contributed by atoms with Crippen molar-refractivity contribution >= 4 is 38.8 Å². The molecule has 0 aromatic heterocycles. The molecule has 0 aliphatic rings. The summed E-state index contributed by atoms with van der Waals surface area (Å²) in [6.45, 7) is 0.448. The summed E-state index contributed by atoms with van der Waals surface area (Å²) in [7, 11) is 1.89. The number of benzene rings is 2. The number of nitrogens with zero attached hydrogens (tertiary/aromatic N) is 1. The molecule has 0 saturated carbocycles. The van der Waals surface area contributed by atoms with Gasteiger partial charge in [-0.3, -0.25) is 0 Å². The predicted molar refractivity (Wildman–Crippen MR) is 88.5 cm³/mol. The molecule has 2 N–H and O–H groups in total. The van der Waals surface area contributed by atoms with Crippen molar-refractivity contribution < 1.29 is 4.39 Å². The Morgan fingerprint density at radius 2 is 2.00 bits per heavy atom. The smallest absolute Gasteiger partial charge is 0.128 e. The van der Waals surface area contributed by atoms with Crippen molar-refractivity contribution in [1.29, 1.82) is 0 Å². The molecule has 0 radical (unpaired) electrons. The highest BCUT2D eigenvalue weighted by Gasteiger charge is 2.12. The summed E-state index contributed by atoms with van der Waals surface area (Å²) in [6, 6.07) is 12.4. The van der Waals surface area contributed by atoms with Crippen LogP contribution in [0.15, 0.2) is 46.9 Å². The Bertz CT molecular complexity index is 646. The zero-order chi connectivity index (χ0) is 14.7. The Morgan fingerprint density at radius 1 is 1.30 bits per heavy atom. The average molecular weight is 353 g/mol. The minimum Gasteiger partial charge on any atom is -0.389 e. The number of thiocarbonyl (C=S) groups is 1. The van der Waals surface area contributed by atoms with E-state index in [0.717, 1.165) is 15.7 Å². The molecule has 0 aliphatic carbocycles. The number of nitrogens with two attached hydrogens (primary N) is 1. The third-order valence-corrected chi connectivity index (χ3v) is 3.71. The molecule has 0 atom stereocenters. The highest BCUT2D eigenvalue weighted by molar-refractivity contribution is 9.10. The molecule has 2 nitrogen and oxygen atoms in total. The van der Waals surface area contributed by atoms with Crippen LogP contribution in [0.2, 0.25) is 0 Å². The first kappa shape index (κ1) is 14.9. The van der Waals surface area contributed by atoms with Crippen LogP contribution in [0.25, 0.3) is 0 Å². The second-order valence-electron chi connectivity index (χ2n) is 4.47. The summed E-state index contributed by atoms with van der Waals surface area (Å²) >= 11 is 8.47. The number of hydrogen-bond acceptors (Lipinski definition) is 2. The second kappa shape index (κ2) is 6.33. The maximum Gasteiger partial charge on any atom is 0.128 e. The maximum absolute atomic E-state index is 13.7. The van der Waals surface area contributed by atoms with Gasteiger partial charge in [-0.1, -0.05) is 46.3 Å². The standard InChI is InChI=1S/C15H14BrFN2S/c1-19(9-10-4-2-3-5-13(10)17)14-7-6-11(16)8-12(14)15(18)20/h2-8H,9H2,1H3,(H2,18,20). The van der Waals surface area contributed by atoms with Crippen LogP contribution in [0.1, 0.15) is 11.1 Å². The molecule has 0 unspecified atom stereocenters. The van der Waals surface area contributed by atoms with Crippen molar-refractivity contribution in [1.82, 2.24) is 0 Å². The molecule has 0 amide bonds. The summed E-state index contributed by atoms with van der Waals surface area (Å²) in [5, 5.41) is 0. The molecule has 0 heterocycles. The molecular formula is C15H14BrFN2S. The van der Waals surface area contributed by atoms with E-state index >= 15 is 0 Å². The fourth-order valence-electron chi connectivity index (χ4n) is 2.01. The summed E-state index contributed by atoms with van der Waals surface area (Å²) in [6.07, 6.45) is 0. The lowest BCUT2D eigenvalue weighted by molar-refractivity contribution is 0.608. The molecule has 104 valence electrons. The van der Waals surface area contributed by atoms with Crippen LogP contribution in [0.4, 0.5) is 10.1 Å². The van der Waals surface area contributed by atoms with Gasteiger partial charge in [0.25, 0.3) is 0 Å². The van der Waals surface area contributed by atoms with Crippen molar-refractivity contribution in [2.24, 2.45) is 5.73 Å². The van der Waals surface area contributed by atoms with Crippen LogP contribution >= 0.6 is 28.1 Å². The van der Waals surface area contributed by atoms with Gasteiger partial charge in [-0.05, 0) is 24.3 Å². The largest absolute Gasteiger partial charge is 0.389 e. The average Bonchev–Trinajstić information content (AvgIpc) is 2.41. The van der Waals surface area contributed by atoms with Gasteiger partial charge in [-0.15, -0.1) is 0 Å². The molecule has 2 rings (SSSR count). The van der Waals surface area contributed by atoms with Gasteiger partial charge in [0.1, 0.15) is 10.8 Å². The highest BCUT2D eigenvalue weighted by Crippen LogP contribution is 2.25. The van der Waals surface area contributed by atoms with Crippen LogP contribution in [0.5, 0.6) is 0 Å². The molecule has 0 fully saturated rings.